The number of thiazole rings is 1. The van der Waals surface area contributed by atoms with Crippen molar-refractivity contribution >= 4 is 33.1 Å². The Bertz CT molecular complexity index is 1380. The van der Waals surface area contributed by atoms with Gasteiger partial charge in [-0.2, -0.15) is 5.10 Å². The van der Waals surface area contributed by atoms with Gasteiger partial charge in [-0.1, -0.05) is 48.5 Å². The van der Waals surface area contributed by atoms with Gasteiger partial charge in [0.05, 0.1) is 17.1 Å². The Hall–Kier alpha value is -3.36. The first-order chi connectivity index (χ1) is 16.0. The van der Waals surface area contributed by atoms with Crippen LogP contribution >= 0.6 is 11.3 Å². The van der Waals surface area contributed by atoms with Crippen LogP contribution in [0.15, 0.2) is 59.4 Å². The fraction of sp³-hybridized carbons (Fsp3) is 0.280. The van der Waals surface area contributed by atoms with Gasteiger partial charge in [0, 0.05) is 36.3 Å². The highest BCUT2D eigenvalue weighted by Crippen LogP contribution is 2.29. The van der Waals surface area contributed by atoms with Gasteiger partial charge < -0.3 is 0 Å². The minimum Gasteiger partial charge on any atom is -0.296 e. The fourth-order valence-corrected chi connectivity index (χ4v) is 5.20. The predicted molar refractivity (Wildman–Crippen MR) is 131 cm³/mol. The van der Waals surface area contributed by atoms with E-state index in [1.807, 2.05) is 26.0 Å². The molecule has 0 atom stereocenters. The van der Waals surface area contributed by atoms with Gasteiger partial charge in [-0.05, 0) is 25.5 Å². The first kappa shape index (κ1) is 21.5. The molecule has 2 aromatic carbocycles. The average Bonchev–Trinajstić information content (AvgIpc) is 3.21. The van der Waals surface area contributed by atoms with Crippen LogP contribution in [0.25, 0.3) is 10.8 Å². The Morgan fingerprint density at radius 2 is 1.82 bits per heavy atom. The number of rotatable bonds is 5. The summed E-state index contributed by atoms with van der Waals surface area (Å²) >= 11 is 1.51. The van der Waals surface area contributed by atoms with Crippen molar-refractivity contribution in [3.8, 4) is 0 Å². The first-order valence-electron chi connectivity index (χ1n) is 11.1. The van der Waals surface area contributed by atoms with Crippen LogP contribution in [0.3, 0.4) is 0 Å². The average molecular weight is 460 g/mol. The number of anilines is 1. The van der Waals surface area contributed by atoms with Crippen LogP contribution in [0.1, 0.15) is 46.5 Å². The lowest BCUT2D eigenvalue weighted by Gasteiger charge is -2.25. The second kappa shape index (κ2) is 8.88. The molecule has 0 radical (unpaired) electrons. The number of nitrogens with zero attached hydrogens (tertiary/aromatic N) is 4. The van der Waals surface area contributed by atoms with Gasteiger partial charge in [0.1, 0.15) is 0 Å². The highest BCUT2D eigenvalue weighted by Gasteiger charge is 2.23. The monoisotopic (exact) mass is 459 g/mol. The smallest absolute Gasteiger partial charge is 0.278 e. The van der Waals surface area contributed by atoms with Crippen molar-refractivity contribution in [3.63, 3.8) is 0 Å². The van der Waals surface area contributed by atoms with Gasteiger partial charge in [0.25, 0.3) is 11.5 Å². The highest BCUT2D eigenvalue weighted by atomic mass is 32.1. The number of benzene rings is 2. The van der Waals surface area contributed by atoms with E-state index in [4.69, 9.17) is 0 Å². The molecule has 1 amide bonds. The number of hydrogen-bond acceptors (Lipinski definition) is 6. The lowest BCUT2D eigenvalue weighted by atomic mass is 10.1. The highest BCUT2D eigenvalue weighted by molar-refractivity contribution is 7.15. The quantitative estimate of drug-likeness (QED) is 0.483. The molecule has 3 heterocycles. The van der Waals surface area contributed by atoms with E-state index < -0.39 is 0 Å². The molecule has 1 N–H and O–H groups in total. The molecule has 0 fully saturated rings. The van der Waals surface area contributed by atoms with Crippen LogP contribution in [0.4, 0.5) is 5.13 Å². The van der Waals surface area contributed by atoms with Crippen molar-refractivity contribution in [1.29, 1.82) is 0 Å². The van der Waals surface area contributed by atoms with Gasteiger partial charge in [0.2, 0.25) is 0 Å². The number of hydrogen-bond donors (Lipinski definition) is 1. The maximum atomic E-state index is 13.2. The van der Waals surface area contributed by atoms with Crippen molar-refractivity contribution in [2.24, 2.45) is 0 Å². The summed E-state index contributed by atoms with van der Waals surface area (Å²) in [7, 11) is 0. The Balaban J connectivity index is 1.38. The molecule has 0 unspecified atom stereocenters. The maximum Gasteiger partial charge on any atom is 0.278 e. The maximum absolute atomic E-state index is 13.2. The van der Waals surface area contributed by atoms with Crippen molar-refractivity contribution in [3.05, 3.63) is 86.8 Å². The van der Waals surface area contributed by atoms with Crippen molar-refractivity contribution in [2.45, 2.75) is 39.4 Å². The zero-order valence-corrected chi connectivity index (χ0v) is 19.4. The molecule has 1 aliphatic rings. The molecule has 8 heteroatoms. The Kier molecular flexibility index (Phi) is 5.78. The third-order valence-corrected chi connectivity index (χ3v) is 6.81. The van der Waals surface area contributed by atoms with Gasteiger partial charge in [-0.25, -0.2) is 9.67 Å². The van der Waals surface area contributed by atoms with Crippen molar-refractivity contribution in [2.75, 3.05) is 11.9 Å². The number of fused-ring (bicyclic) bond motifs is 2. The topological polar surface area (TPSA) is 80.1 Å². The summed E-state index contributed by atoms with van der Waals surface area (Å²) in [5.74, 6) is -0.354. The molecule has 2 aromatic heterocycles. The molecule has 33 heavy (non-hydrogen) atoms. The van der Waals surface area contributed by atoms with Gasteiger partial charge in [-0.15, -0.1) is 11.3 Å². The first-order valence-corrected chi connectivity index (χ1v) is 11.9. The number of carbonyl (C=O) groups is 1. The van der Waals surface area contributed by atoms with E-state index in [0.29, 0.717) is 15.9 Å². The Morgan fingerprint density at radius 3 is 2.58 bits per heavy atom. The molecule has 0 spiro atoms. The zero-order chi connectivity index (χ0) is 22.9. The van der Waals surface area contributed by atoms with E-state index in [1.54, 1.807) is 18.2 Å². The van der Waals surface area contributed by atoms with E-state index in [9.17, 15) is 9.59 Å². The normalized spacial score (nSPS) is 13.9. The molecular formula is C25H25N5O2S. The molecule has 0 bridgehead atoms. The van der Waals surface area contributed by atoms with E-state index in [-0.39, 0.29) is 23.2 Å². The van der Waals surface area contributed by atoms with Crippen molar-refractivity contribution in [1.82, 2.24) is 19.7 Å². The van der Waals surface area contributed by atoms with Gasteiger partial charge in [-0.3, -0.25) is 19.8 Å². The molecule has 0 saturated heterocycles. The molecule has 4 aromatic rings. The van der Waals surface area contributed by atoms with Crippen LogP contribution < -0.4 is 10.9 Å². The summed E-state index contributed by atoms with van der Waals surface area (Å²) < 4.78 is 1.37. The largest absolute Gasteiger partial charge is 0.296 e. The summed E-state index contributed by atoms with van der Waals surface area (Å²) in [6.45, 7) is 6.40. The molecule has 5 rings (SSSR count). The third kappa shape index (κ3) is 4.31. The van der Waals surface area contributed by atoms with Crippen LogP contribution in [-0.4, -0.2) is 32.1 Å². The van der Waals surface area contributed by atoms with Crippen LogP contribution in [0.5, 0.6) is 0 Å². The van der Waals surface area contributed by atoms with Crippen molar-refractivity contribution < 1.29 is 4.79 Å². The number of carbonyl (C=O) groups excluding carboxylic acids is 1. The molecular weight excluding hydrogens is 434 g/mol. The van der Waals surface area contributed by atoms with Gasteiger partial charge >= 0.3 is 0 Å². The number of nitrogens with one attached hydrogen (secondary N) is 1. The second-order valence-corrected chi connectivity index (χ2v) is 9.61. The molecule has 0 aliphatic carbocycles. The summed E-state index contributed by atoms with van der Waals surface area (Å²) in [5.41, 5.74) is 2.37. The minimum atomic E-state index is -0.354. The lowest BCUT2D eigenvalue weighted by molar-refractivity contribution is 0.102. The summed E-state index contributed by atoms with van der Waals surface area (Å²) in [5, 5.41) is 8.93. The Labute approximate surface area is 195 Å². The summed E-state index contributed by atoms with van der Waals surface area (Å²) in [4.78, 5) is 34.2. The standard InChI is InChI=1S/C25H25N5O2S/c1-16(2)30-24(32)19-11-7-6-10-18(19)22(28-30)23(31)27-25-26-20-12-13-29(15-21(20)33-25)14-17-8-4-3-5-9-17/h3-11,16H,12-15H2,1-2H3,(H,26,27,31). The predicted octanol–water partition coefficient (Wildman–Crippen LogP) is 4.24. The number of aromatic nitrogens is 3. The molecule has 7 nitrogen and oxygen atoms in total. The molecule has 0 saturated carbocycles. The van der Waals surface area contributed by atoms with Crippen LogP contribution in [0.2, 0.25) is 0 Å². The Morgan fingerprint density at radius 1 is 1.09 bits per heavy atom. The lowest BCUT2D eigenvalue weighted by Crippen LogP contribution is -2.29. The summed E-state index contributed by atoms with van der Waals surface area (Å²) in [6, 6.07) is 17.4. The van der Waals surface area contributed by atoms with E-state index in [2.05, 4.69) is 44.6 Å². The van der Waals surface area contributed by atoms with E-state index >= 15 is 0 Å². The van der Waals surface area contributed by atoms with Crippen LogP contribution in [-0.2, 0) is 19.5 Å². The van der Waals surface area contributed by atoms with E-state index in [1.165, 1.54) is 26.5 Å². The van der Waals surface area contributed by atoms with Gasteiger partial charge in [0.15, 0.2) is 10.8 Å². The summed E-state index contributed by atoms with van der Waals surface area (Å²) in [6.07, 6.45) is 0.855. The minimum absolute atomic E-state index is 0.156. The second-order valence-electron chi connectivity index (χ2n) is 8.53. The third-order valence-electron chi connectivity index (χ3n) is 5.81. The van der Waals surface area contributed by atoms with E-state index in [0.717, 1.165) is 31.7 Å². The van der Waals surface area contributed by atoms with Crippen LogP contribution in [0, 0.1) is 0 Å². The molecule has 168 valence electrons. The number of amides is 1. The fourth-order valence-electron chi connectivity index (χ4n) is 4.16. The molecule has 1 aliphatic heterocycles. The zero-order valence-electron chi connectivity index (χ0n) is 18.6. The SMILES string of the molecule is CC(C)n1nc(C(=O)Nc2nc3c(s2)CN(Cc2ccccc2)CC3)c2ccccc2c1=O.